The summed E-state index contributed by atoms with van der Waals surface area (Å²) in [6.07, 6.45) is 4.52. The van der Waals surface area contributed by atoms with Gasteiger partial charge in [0.1, 0.15) is 0 Å². The lowest BCUT2D eigenvalue weighted by atomic mass is 9.49. The number of rotatable bonds is 3. The van der Waals surface area contributed by atoms with Gasteiger partial charge >= 0.3 is 0 Å². The van der Waals surface area contributed by atoms with Crippen LogP contribution in [0.5, 0.6) is 11.5 Å². The molecule has 6 heteroatoms. The lowest BCUT2D eigenvalue weighted by Gasteiger charge is -2.62. The zero-order valence-electron chi connectivity index (χ0n) is 18.6. The number of phenols is 1. The molecule has 1 saturated carbocycles. The van der Waals surface area contributed by atoms with E-state index in [0.717, 1.165) is 65.1 Å². The van der Waals surface area contributed by atoms with Crippen LogP contribution in [0.1, 0.15) is 53.3 Å². The minimum Gasteiger partial charge on any atom is -0.504 e. The van der Waals surface area contributed by atoms with Crippen LogP contribution in [0.15, 0.2) is 30.3 Å². The van der Waals surface area contributed by atoms with Crippen molar-refractivity contribution in [1.82, 2.24) is 9.88 Å². The minimum absolute atomic E-state index is 0.0525. The number of aliphatic hydroxyl groups is 1. The number of hydrogen-bond donors (Lipinski definition) is 4. The summed E-state index contributed by atoms with van der Waals surface area (Å²) in [5, 5.41) is 24.7. The van der Waals surface area contributed by atoms with E-state index >= 15 is 0 Å². The van der Waals surface area contributed by atoms with Gasteiger partial charge in [0.05, 0.1) is 16.7 Å². The normalized spacial score (nSPS) is 33.6. The number of benzene rings is 2. The van der Waals surface area contributed by atoms with Crippen LogP contribution in [0, 0.1) is 5.92 Å². The van der Waals surface area contributed by atoms with Gasteiger partial charge in [0.25, 0.3) is 0 Å². The van der Waals surface area contributed by atoms with Crippen molar-refractivity contribution in [3.8, 4) is 11.5 Å². The molecule has 2 unspecified atom stereocenters. The summed E-state index contributed by atoms with van der Waals surface area (Å²) in [6.45, 7) is 2.53. The zero-order valence-corrected chi connectivity index (χ0v) is 18.6. The highest BCUT2D eigenvalue weighted by Crippen LogP contribution is 2.69. The van der Waals surface area contributed by atoms with Crippen LogP contribution < -0.4 is 10.5 Å². The maximum absolute atomic E-state index is 12.8. The number of hydrogen-bond acceptors (Lipinski definition) is 5. The number of phenolic OH excluding ortho intramolecular Hbond substituents is 1. The molecule has 2 aromatic carbocycles. The second-order valence-electron chi connectivity index (χ2n) is 11.0. The van der Waals surface area contributed by atoms with Crippen LogP contribution in [0.4, 0.5) is 0 Å². The van der Waals surface area contributed by atoms with Gasteiger partial charge in [-0.2, -0.15) is 0 Å². The number of nitrogens with one attached hydrogen (secondary N) is 1. The highest BCUT2D eigenvalue weighted by atomic mass is 16.5. The summed E-state index contributed by atoms with van der Waals surface area (Å²) in [7, 11) is 0. The van der Waals surface area contributed by atoms with E-state index in [-0.39, 0.29) is 17.9 Å². The third kappa shape index (κ3) is 2.12. The fraction of sp³-hybridized carbons (Fsp3) is 0.481. The van der Waals surface area contributed by atoms with Gasteiger partial charge < -0.3 is 25.7 Å². The van der Waals surface area contributed by atoms with E-state index < -0.39 is 11.0 Å². The van der Waals surface area contributed by atoms with E-state index in [0.29, 0.717) is 18.7 Å². The van der Waals surface area contributed by atoms with Crippen LogP contribution in [0.25, 0.3) is 10.9 Å². The van der Waals surface area contributed by atoms with Gasteiger partial charge in [-0.25, -0.2) is 0 Å². The Bertz CT molecular complexity index is 1340. The number of likely N-dealkylation sites (tertiary alicyclic amines) is 1. The Labute approximate surface area is 192 Å². The second kappa shape index (κ2) is 5.93. The molecule has 2 fully saturated rings. The first kappa shape index (κ1) is 18.8. The molecule has 1 saturated heterocycles. The standard InChI is InChI=1S/C27H29N3O3/c28-12-15-3-5-19-17(9-15)18-11-27(32)21-10-16-4-6-20(31)24-22(16)26(27,25(33-24)23(18)29-19)7-8-30(21)13-14-1-2-14/h3-6,9,14,21,25,29,31-32H,1-2,7-8,10-13,28H2/t21?,25?,26-,27+/m0/s1. The Morgan fingerprint density at radius 2 is 2.09 bits per heavy atom. The molecule has 6 nitrogen and oxygen atoms in total. The van der Waals surface area contributed by atoms with Crippen molar-refractivity contribution >= 4 is 10.9 Å². The van der Waals surface area contributed by atoms with Crippen LogP contribution in [0.3, 0.4) is 0 Å². The Morgan fingerprint density at radius 1 is 1.21 bits per heavy atom. The summed E-state index contributed by atoms with van der Waals surface area (Å²) in [5.41, 5.74) is 11.1. The van der Waals surface area contributed by atoms with E-state index in [4.69, 9.17) is 10.5 Å². The summed E-state index contributed by atoms with van der Waals surface area (Å²) >= 11 is 0. The second-order valence-corrected chi connectivity index (χ2v) is 11.0. The maximum atomic E-state index is 12.8. The van der Waals surface area contributed by atoms with Gasteiger partial charge in [0.2, 0.25) is 0 Å². The van der Waals surface area contributed by atoms with Crippen LogP contribution in [-0.2, 0) is 24.8 Å². The molecule has 3 aromatic rings. The van der Waals surface area contributed by atoms with Gasteiger partial charge in [0.15, 0.2) is 17.6 Å². The van der Waals surface area contributed by atoms with Crippen molar-refractivity contribution < 1.29 is 14.9 Å². The van der Waals surface area contributed by atoms with Gasteiger partial charge in [0, 0.05) is 42.0 Å². The van der Waals surface area contributed by atoms with E-state index in [2.05, 4.69) is 34.1 Å². The van der Waals surface area contributed by atoms with Crippen LogP contribution >= 0.6 is 0 Å². The van der Waals surface area contributed by atoms with Gasteiger partial charge in [-0.3, -0.25) is 4.90 Å². The molecule has 2 bridgehead atoms. The molecule has 5 N–H and O–H groups in total. The predicted octanol–water partition coefficient (Wildman–Crippen LogP) is 3.03. The lowest BCUT2D eigenvalue weighted by Crippen LogP contribution is -2.74. The van der Waals surface area contributed by atoms with Crippen molar-refractivity contribution in [2.45, 2.75) is 61.8 Å². The molecule has 170 valence electrons. The highest BCUT2D eigenvalue weighted by molar-refractivity contribution is 5.87. The molecular weight excluding hydrogens is 414 g/mol. The minimum atomic E-state index is -0.947. The van der Waals surface area contributed by atoms with E-state index in [1.165, 1.54) is 18.4 Å². The number of H-pyrrole nitrogens is 1. The first-order valence-corrected chi connectivity index (χ1v) is 12.4. The molecule has 1 aromatic heterocycles. The lowest BCUT2D eigenvalue weighted by molar-refractivity contribution is -0.173. The van der Waals surface area contributed by atoms with E-state index in [1.54, 1.807) is 6.07 Å². The number of fused-ring (bicyclic) bond motifs is 4. The number of nitrogens with zero attached hydrogens (tertiary/aromatic N) is 1. The molecule has 0 radical (unpaired) electrons. The molecule has 2 aliphatic heterocycles. The van der Waals surface area contributed by atoms with Crippen LogP contribution in [0.2, 0.25) is 0 Å². The van der Waals surface area contributed by atoms with Crippen molar-refractivity contribution in [3.05, 3.63) is 58.3 Å². The van der Waals surface area contributed by atoms with Crippen molar-refractivity contribution in [1.29, 1.82) is 0 Å². The number of aromatic amines is 1. The third-order valence-electron chi connectivity index (χ3n) is 9.46. The topological polar surface area (TPSA) is 94.7 Å². The number of aromatic hydroxyl groups is 1. The number of piperidine rings is 1. The monoisotopic (exact) mass is 443 g/mol. The Morgan fingerprint density at radius 3 is 2.91 bits per heavy atom. The fourth-order valence-corrected chi connectivity index (χ4v) is 7.80. The summed E-state index contributed by atoms with van der Waals surface area (Å²) in [6, 6.07) is 10.2. The Balaban J connectivity index is 1.40. The highest BCUT2D eigenvalue weighted by Gasteiger charge is 2.72. The molecule has 0 amide bonds. The molecule has 4 atom stereocenters. The van der Waals surface area contributed by atoms with Crippen molar-refractivity contribution in [3.63, 3.8) is 0 Å². The first-order valence-electron chi connectivity index (χ1n) is 12.4. The summed E-state index contributed by atoms with van der Waals surface area (Å²) in [5.74, 6) is 1.54. The predicted molar refractivity (Wildman–Crippen MR) is 124 cm³/mol. The average molecular weight is 444 g/mol. The van der Waals surface area contributed by atoms with E-state index in [1.807, 2.05) is 0 Å². The smallest absolute Gasteiger partial charge is 0.166 e. The Hall–Kier alpha value is -2.54. The molecule has 33 heavy (non-hydrogen) atoms. The molecule has 1 spiro atoms. The molecule has 3 aliphatic carbocycles. The SMILES string of the molecule is NCc1ccc2[nH]c3c(c2c1)C[C@@]1(O)C2Cc4ccc(O)c5c4[C@@]1(CCN2CC1CC1)C3O5. The maximum Gasteiger partial charge on any atom is 0.166 e. The number of nitrogens with two attached hydrogens (primary N) is 1. The van der Waals surface area contributed by atoms with Crippen LogP contribution in [-0.4, -0.2) is 44.8 Å². The largest absolute Gasteiger partial charge is 0.504 e. The van der Waals surface area contributed by atoms with E-state index in [9.17, 15) is 10.2 Å². The molecule has 5 aliphatic rings. The van der Waals surface area contributed by atoms with Crippen molar-refractivity contribution in [2.75, 3.05) is 13.1 Å². The summed E-state index contributed by atoms with van der Waals surface area (Å²) in [4.78, 5) is 6.22. The number of ether oxygens (including phenoxy) is 1. The fourth-order valence-electron chi connectivity index (χ4n) is 7.80. The van der Waals surface area contributed by atoms with Gasteiger partial charge in [-0.1, -0.05) is 12.1 Å². The Kier molecular flexibility index (Phi) is 3.38. The quantitative estimate of drug-likeness (QED) is 0.499. The van der Waals surface area contributed by atoms with Crippen molar-refractivity contribution in [2.24, 2.45) is 11.7 Å². The molecule has 8 rings (SSSR count). The molecular formula is C27H29N3O3. The zero-order chi connectivity index (χ0) is 22.1. The number of aromatic nitrogens is 1. The third-order valence-corrected chi connectivity index (χ3v) is 9.46. The summed E-state index contributed by atoms with van der Waals surface area (Å²) < 4.78 is 6.63. The van der Waals surface area contributed by atoms with Gasteiger partial charge in [-0.15, -0.1) is 0 Å². The van der Waals surface area contributed by atoms with Gasteiger partial charge in [-0.05, 0) is 73.0 Å². The first-order chi connectivity index (χ1) is 16.0. The molecule has 3 heterocycles. The average Bonchev–Trinajstić information content (AvgIpc) is 3.45.